The summed E-state index contributed by atoms with van der Waals surface area (Å²) in [5, 5.41) is 12.9. The Labute approximate surface area is 224 Å². The molecule has 2 N–H and O–H groups in total. The maximum atomic E-state index is 14.2. The Morgan fingerprint density at radius 2 is 1.95 bits per heavy atom. The summed E-state index contributed by atoms with van der Waals surface area (Å²) in [6.45, 7) is 6.45. The number of esters is 1. The Morgan fingerprint density at radius 3 is 2.66 bits per heavy atom. The number of amides is 3. The SMILES string of the molecule is CCCCCN1CC=C[C@]23O[C@@H]4/C=C\CCC(=O)NC[C@@H](C)OC(=O)[C@@H]4[C@H]2C(=O)N([C@@H](CC)CO)[C@@H]3C1=O. The summed E-state index contributed by atoms with van der Waals surface area (Å²) in [5.74, 6) is -3.29. The van der Waals surface area contributed by atoms with Crippen molar-refractivity contribution in [2.75, 3.05) is 26.2 Å². The van der Waals surface area contributed by atoms with Crippen LogP contribution in [0, 0.1) is 11.8 Å². The molecule has 0 aromatic rings. The van der Waals surface area contributed by atoms with Gasteiger partial charge in [0, 0.05) is 19.5 Å². The fraction of sp³-hybridized carbons (Fsp3) is 0.714. The van der Waals surface area contributed by atoms with Crippen LogP contribution < -0.4 is 5.32 Å². The van der Waals surface area contributed by atoms with Gasteiger partial charge < -0.3 is 29.7 Å². The summed E-state index contributed by atoms with van der Waals surface area (Å²) >= 11 is 0. The highest BCUT2D eigenvalue weighted by Gasteiger charge is 2.72. The van der Waals surface area contributed by atoms with Crippen LogP contribution in [0.1, 0.15) is 59.3 Å². The molecule has 4 heterocycles. The number of hydrogen-bond donors (Lipinski definition) is 2. The zero-order chi connectivity index (χ0) is 27.4. The predicted molar refractivity (Wildman–Crippen MR) is 139 cm³/mol. The summed E-state index contributed by atoms with van der Waals surface area (Å²) in [7, 11) is 0. The molecule has 0 unspecified atom stereocenters. The molecule has 10 nitrogen and oxygen atoms in total. The Bertz CT molecular complexity index is 977. The van der Waals surface area contributed by atoms with Gasteiger partial charge in [-0.25, -0.2) is 0 Å². The molecule has 210 valence electrons. The molecule has 0 aliphatic carbocycles. The molecule has 4 aliphatic heterocycles. The minimum atomic E-state index is -1.37. The summed E-state index contributed by atoms with van der Waals surface area (Å²) in [4.78, 5) is 57.2. The number of rotatable bonds is 7. The number of fused-ring (bicyclic) bond motifs is 2. The van der Waals surface area contributed by atoms with Crippen molar-refractivity contribution in [1.29, 1.82) is 0 Å². The van der Waals surface area contributed by atoms with E-state index in [-0.39, 0.29) is 37.3 Å². The van der Waals surface area contributed by atoms with E-state index in [1.807, 2.05) is 13.0 Å². The predicted octanol–water partition coefficient (Wildman–Crippen LogP) is 1.32. The number of likely N-dealkylation sites (tertiary alicyclic amines) is 1. The summed E-state index contributed by atoms with van der Waals surface area (Å²) in [6, 6.07) is -1.58. The molecule has 4 rings (SSSR count). The van der Waals surface area contributed by atoms with Crippen molar-refractivity contribution in [3.63, 3.8) is 0 Å². The van der Waals surface area contributed by atoms with Gasteiger partial charge in [-0.15, -0.1) is 0 Å². The van der Waals surface area contributed by atoms with Gasteiger partial charge >= 0.3 is 5.97 Å². The van der Waals surface area contributed by atoms with Crippen LogP contribution in [-0.2, 0) is 28.7 Å². The van der Waals surface area contributed by atoms with Crippen molar-refractivity contribution in [3.05, 3.63) is 24.3 Å². The highest BCUT2D eigenvalue weighted by Crippen LogP contribution is 2.53. The zero-order valence-corrected chi connectivity index (χ0v) is 22.6. The minimum Gasteiger partial charge on any atom is -0.460 e. The first kappa shape index (κ1) is 28.3. The molecule has 3 amide bonds. The van der Waals surface area contributed by atoms with Crippen LogP contribution in [0.25, 0.3) is 0 Å². The normalized spacial score (nSPS) is 35.3. The number of carbonyl (C=O) groups excluding carboxylic acids is 4. The number of carbonyl (C=O) groups is 4. The van der Waals surface area contributed by atoms with Gasteiger partial charge in [-0.2, -0.15) is 0 Å². The van der Waals surface area contributed by atoms with Gasteiger partial charge in [0.1, 0.15) is 23.7 Å². The van der Waals surface area contributed by atoms with Crippen molar-refractivity contribution in [2.45, 2.75) is 89.2 Å². The maximum absolute atomic E-state index is 14.2. The van der Waals surface area contributed by atoms with Crippen LogP contribution in [0.15, 0.2) is 24.3 Å². The maximum Gasteiger partial charge on any atom is 0.313 e. The van der Waals surface area contributed by atoms with Crippen LogP contribution >= 0.6 is 0 Å². The average molecular weight is 532 g/mol. The first-order chi connectivity index (χ1) is 18.3. The van der Waals surface area contributed by atoms with Crippen molar-refractivity contribution < 1.29 is 33.8 Å². The molecule has 1 spiro atoms. The highest BCUT2D eigenvalue weighted by molar-refractivity contribution is 5.99. The zero-order valence-electron chi connectivity index (χ0n) is 22.6. The largest absolute Gasteiger partial charge is 0.460 e. The van der Waals surface area contributed by atoms with E-state index in [0.29, 0.717) is 25.9 Å². The molecule has 0 saturated carbocycles. The molecule has 2 saturated heterocycles. The van der Waals surface area contributed by atoms with Crippen molar-refractivity contribution >= 4 is 23.7 Å². The molecule has 0 radical (unpaired) electrons. The molecular weight excluding hydrogens is 490 g/mol. The fourth-order valence-corrected chi connectivity index (χ4v) is 6.21. The Morgan fingerprint density at radius 1 is 1.16 bits per heavy atom. The summed E-state index contributed by atoms with van der Waals surface area (Å²) < 4.78 is 12.3. The molecule has 10 heteroatoms. The van der Waals surface area contributed by atoms with E-state index in [1.165, 1.54) is 4.90 Å². The van der Waals surface area contributed by atoms with Gasteiger partial charge in [0.15, 0.2) is 0 Å². The molecule has 0 aromatic heterocycles. The Hall–Kier alpha value is -2.72. The molecule has 4 aliphatic rings. The van der Waals surface area contributed by atoms with Gasteiger partial charge in [-0.3, -0.25) is 19.2 Å². The molecule has 7 atom stereocenters. The van der Waals surface area contributed by atoms with Gasteiger partial charge in [-0.1, -0.05) is 51.0 Å². The van der Waals surface area contributed by atoms with Crippen molar-refractivity contribution in [3.8, 4) is 0 Å². The van der Waals surface area contributed by atoms with E-state index in [4.69, 9.17) is 9.47 Å². The number of hydrogen-bond acceptors (Lipinski definition) is 7. The number of nitrogens with zero attached hydrogens (tertiary/aromatic N) is 2. The average Bonchev–Trinajstić information content (AvgIpc) is 3.28. The summed E-state index contributed by atoms with van der Waals surface area (Å²) in [5.41, 5.74) is -1.37. The van der Waals surface area contributed by atoms with Crippen LogP contribution in [0.2, 0.25) is 0 Å². The van der Waals surface area contributed by atoms with Gasteiger partial charge in [-0.05, 0) is 26.2 Å². The second-order valence-corrected chi connectivity index (χ2v) is 10.7. The standard InChI is InChI=1S/C28H41N3O7/c1-4-6-9-14-30-15-10-13-28-23(25(34)31(19(5-2)17-32)24(28)26(30)35)22-20(38-28)11-7-8-12-21(33)29-16-18(3)37-27(22)36/h7,10-11,13,18-20,22-24,32H,4-6,8-9,12,14-17H2,1-3H3,(H,29,33)/b11-7-/t18-,19+,20-,22+,23+,24-,28+/m1/s1. The third-order valence-corrected chi connectivity index (χ3v) is 8.16. The van der Waals surface area contributed by atoms with E-state index in [9.17, 15) is 24.3 Å². The first-order valence-corrected chi connectivity index (χ1v) is 14.0. The van der Waals surface area contributed by atoms with Crippen LogP contribution in [0.3, 0.4) is 0 Å². The number of unbranched alkanes of at least 4 members (excludes halogenated alkanes) is 2. The molecule has 0 bridgehead atoms. The third kappa shape index (κ3) is 5.12. The van der Waals surface area contributed by atoms with Crippen molar-refractivity contribution in [1.82, 2.24) is 15.1 Å². The van der Waals surface area contributed by atoms with Crippen LogP contribution in [-0.4, -0.2) is 94.7 Å². The Balaban J connectivity index is 1.78. The number of ether oxygens (including phenoxy) is 2. The number of allylic oxidation sites excluding steroid dienone is 1. The topological polar surface area (TPSA) is 125 Å². The van der Waals surface area contributed by atoms with Gasteiger partial charge in [0.2, 0.25) is 17.7 Å². The second-order valence-electron chi connectivity index (χ2n) is 10.7. The van der Waals surface area contributed by atoms with E-state index in [0.717, 1.165) is 19.3 Å². The summed E-state index contributed by atoms with van der Waals surface area (Å²) in [6.07, 6.45) is 9.78. The molecular formula is C28H41N3O7. The number of cyclic esters (lactones) is 1. The smallest absolute Gasteiger partial charge is 0.313 e. The van der Waals surface area contributed by atoms with E-state index < -0.39 is 47.7 Å². The lowest BCUT2D eigenvalue weighted by molar-refractivity contribution is -0.159. The lowest BCUT2D eigenvalue weighted by Gasteiger charge is -2.38. The van der Waals surface area contributed by atoms with E-state index in [1.54, 1.807) is 30.1 Å². The molecule has 2 fully saturated rings. The lowest BCUT2D eigenvalue weighted by Crippen LogP contribution is -2.58. The second kappa shape index (κ2) is 12.0. The quantitative estimate of drug-likeness (QED) is 0.288. The molecule has 38 heavy (non-hydrogen) atoms. The minimum absolute atomic E-state index is 0.140. The monoisotopic (exact) mass is 531 g/mol. The van der Waals surface area contributed by atoms with Crippen LogP contribution in [0.5, 0.6) is 0 Å². The number of aliphatic hydroxyl groups excluding tert-OH is 1. The molecule has 0 aromatic carbocycles. The number of aliphatic hydroxyl groups is 1. The third-order valence-electron chi connectivity index (χ3n) is 8.16. The van der Waals surface area contributed by atoms with Gasteiger partial charge in [0.25, 0.3) is 0 Å². The van der Waals surface area contributed by atoms with Crippen LogP contribution in [0.4, 0.5) is 0 Å². The van der Waals surface area contributed by atoms with E-state index in [2.05, 4.69) is 12.2 Å². The van der Waals surface area contributed by atoms with Gasteiger partial charge in [0.05, 0.1) is 31.2 Å². The lowest BCUT2D eigenvalue weighted by atomic mass is 9.78. The number of nitrogens with one attached hydrogen (secondary N) is 1. The Kier molecular flexibility index (Phi) is 8.92. The van der Waals surface area contributed by atoms with Crippen molar-refractivity contribution in [2.24, 2.45) is 11.8 Å². The highest BCUT2D eigenvalue weighted by atomic mass is 16.6. The fourth-order valence-electron chi connectivity index (χ4n) is 6.21. The first-order valence-electron chi connectivity index (χ1n) is 14.0. The van der Waals surface area contributed by atoms with E-state index >= 15 is 0 Å².